The zero-order chi connectivity index (χ0) is 21.8. The summed E-state index contributed by atoms with van der Waals surface area (Å²) in [6, 6.07) is 8.61. The normalized spacial score (nSPS) is 11.6. The van der Waals surface area contributed by atoms with Crippen LogP contribution >= 0.6 is 0 Å². The third-order valence-electron chi connectivity index (χ3n) is 4.13. The Morgan fingerprint density at radius 2 is 2.00 bits per heavy atom. The minimum Gasteiger partial charge on any atom is -0.494 e. The Balaban J connectivity index is 2.27. The first-order valence-corrected chi connectivity index (χ1v) is 10.1. The minimum atomic E-state index is -0.313. The maximum absolute atomic E-state index is 13.0. The Morgan fingerprint density at radius 3 is 2.67 bits per heavy atom. The van der Waals surface area contributed by atoms with Crippen molar-refractivity contribution in [3.8, 4) is 5.75 Å². The number of urea groups is 1. The summed E-state index contributed by atoms with van der Waals surface area (Å²) in [5, 5.41) is 15.0. The molecule has 0 radical (unpaired) electrons. The van der Waals surface area contributed by atoms with Gasteiger partial charge in [0, 0.05) is 38.6 Å². The van der Waals surface area contributed by atoms with Crippen LogP contribution in [0.2, 0.25) is 0 Å². The monoisotopic (exact) mass is 417 g/mol. The van der Waals surface area contributed by atoms with Gasteiger partial charge < -0.3 is 25.2 Å². The predicted octanol–water partition coefficient (Wildman–Crippen LogP) is 2.94. The summed E-state index contributed by atoms with van der Waals surface area (Å²) in [6.45, 7) is 5.49. The van der Waals surface area contributed by atoms with Crippen molar-refractivity contribution in [2.24, 2.45) is 0 Å². The van der Waals surface area contributed by atoms with E-state index < -0.39 is 0 Å². The van der Waals surface area contributed by atoms with Gasteiger partial charge in [-0.1, -0.05) is 0 Å². The number of methoxy groups -OCH3 is 1. The second kappa shape index (κ2) is 12.6. The number of nitrogens with one attached hydrogen (secondary N) is 2. The van der Waals surface area contributed by atoms with E-state index in [2.05, 4.69) is 20.6 Å². The van der Waals surface area contributed by atoms with Crippen molar-refractivity contribution in [2.75, 3.05) is 43.7 Å². The zero-order valence-corrected chi connectivity index (χ0v) is 17.8. The predicted molar refractivity (Wildman–Crippen MR) is 116 cm³/mol. The molecule has 9 heteroatoms. The molecule has 0 aliphatic heterocycles. The molecule has 2 rings (SSSR count). The number of hydrogen-bond acceptors (Lipinski definition) is 7. The molecule has 1 unspecified atom stereocenters. The summed E-state index contributed by atoms with van der Waals surface area (Å²) in [7, 11) is 1.63. The van der Waals surface area contributed by atoms with Crippen molar-refractivity contribution in [2.45, 2.75) is 32.7 Å². The quantitative estimate of drug-likeness (QED) is 0.456. The van der Waals surface area contributed by atoms with E-state index in [1.807, 2.05) is 26.0 Å². The lowest BCUT2D eigenvalue weighted by Gasteiger charge is -2.23. The molecule has 0 spiro atoms. The van der Waals surface area contributed by atoms with Gasteiger partial charge in [-0.15, -0.1) is 0 Å². The van der Waals surface area contributed by atoms with Gasteiger partial charge in [0.15, 0.2) is 0 Å². The second-order valence-electron chi connectivity index (χ2n) is 6.66. The number of aliphatic hydroxyl groups is 1. The largest absolute Gasteiger partial charge is 0.494 e. The van der Waals surface area contributed by atoms with E-state index in [9.17, 15) is 4.79 Å². The maximum atomic E-state index is 13.0. The first kappa shape index (κ1) is 23.4. The average molecular weight is 418 g/mol. The van der Waals surface area contributed by atoms with Crippen molar-refractivity contribution in [3.63, 3.8) is 0 Å². The Hall–Kier alpha value is -2.91. The summed E-state index contributed by atoms with van der Waals surface area (Å²) in [5.41, 5.74) is 0.646. The van der Waals surface area contributed by atoms with Gasteiger partial charge in [-0.3, -0.25) is 0 Å². The van der Waals surface area contributed by atoms with E-state index in [1.165, 1.54) is 4.90 Å². The van der Waals surface area contributed by atoms with Crippen LogP contribution in [0.3, 0.4) is 0 Å². The maximum Gasteiger partial charge on any atom is 0.327 e. The molecule has 1 heterocycles. The van der Waals surface area contributed by atoms with Crippen molar-refractivity contribution >= 4 is 23.5 Å². The third kappa shape index (κ3) is 7.16. The van der Waals surface area contributed by atoms with Crippen LogP contribution in [0.25, 0.3) is 0 Å². The first-order chi connectivity index (χ1) is 14.6. The number of aromatic nitrogens is 2. The van der Waals surface area contributed by atoms with Crippen molar-refractivity contribution in [3.05, 3.63) is 36.5 Å². The van der Waals surface area contributed by atoms with Crippen LogP contribution in [0.15, 0.2) is 36.5 Å². The number of benzene rings is 1. The molecule has 0 fully saturated rings. The Bertz CT molecular complexity index is 772. The molecule has 0 saturated heterocycles. The Kier molecular flexibility index (Phi) is 9.82. The van der Waals surface area contributed by atoms with Crippen LogP contribution < -0.4 is 20.3 Å². The van der Waals surface area contributed by atoms with Crippen LogP contribution in [0.1, 0.15) is 26.7 Å². The first-order valence-electron chi connectivity index (χ1n) is 10.1. The fraction of sp³-hybridized carbons (Fsp3) is 0.476. The molecule has 2 amide bonds. The highest BCUT2D eigenvalue weighted by atomic mass is 16.5. The van der Waals surface area contributed by atoms with Gasteiger partial charge >= 0.3 is 6.03 Å². The highest BCUT2D eigenvalue weighted by Gasteiger charge is 2.20. The van der Waals surface area contributed by atoms with E-state index >= 15 is 0 Å². The van der Waals surface area contributed by atoms with Crippen molar-refractivity contribution in [1.82, 2.24) is 15.3 Å². The van der Waals surface area contributed by atoms with E-state index in [4.69, 9.17) is 14.6 Å². The number of anilines is 3. The van der Waals surface area contributed by atoms with Gasteiger partial charge in [0.1, 0.15) is 11.6 Å². The molecule has 0 aliphatic carbocycles. The molecule has 0 saturated carbocycles. The summed E-state index contributed by atoms with van der Waals surface area (Å²) in [5.74, 6) is 1.56. The number of unbranched alkanes of at least 4 members (excludes halogenated alkanes) is 1. The molecular formula is C21H31N5O4. The number of rotatable bonds is 12. The van der Waals surface area contributed by atoms with Crippen LogP contribution in [0.4, 0.5) is 22.2 Å². The number of nitrogens with zero attached hydrogens (tertiary/aromatic N) is 3. The summed E-state index contributed by atoms with van der Waals surface area (Å²) >= 11 is 0. The molecule has 1 aromatic heterocycles. The van der Waals surface area contributed by atoms with E-state index in [0.717, 1.165) is 5.75 Å². The summed E-state index contributed by atoms with van der Waals surface area (Å²) < 4.78 is 10.6. The minimum absolute atomic E-state index is 0.0106. The topological polar surface area (TPSA) is 109 Å². The van der Waals surface area contributed by atoms with E-state index in [0.29, 0.717) is 50.1 Å². The molecule has 3 N–H and O–H groups in total. The number of amides is 2. The lowest BCUT2D eigenvalue weighted by Crippen LogP contribution is -2.38. The fourth-order valence-corrected chi connectivity index (χ4v) is 2.78. The Labute approximate surface area is 177 Å². The van der Waals surface area contributed by atoms with Gasteiger partial charge in [-0.2, -0.15) is 4.98 Å². The molecule has 9 nitrogen and oxygen atoms in total. The van der Waals surface area contributed by atoms with Crippen LogP contribution in [-0.2, 0) is 4.74 Å². The lowest BCUT2D eigenvalue weighted by molar-refractivity contribution is 0.190. The van der Waals surface area contributed by atoms with Gasteiger partial charge in [-0.05, 0) is 51.0 Å². The molecule has 1 aromatic carbocycles. The van der Waals surface area contributed by atoms with Gasteiger partial charge in [0.2, 0.25) is 5.95 Å². The molecule has 164 valence electrons. The molecule has 1 atom stereocenters. The number of carbonyl (C=O) groups is 1. The molecule has 0 bridgehead atoms. The van der Waals surface area contributed by atoms with Crippen LogP contribution in [-0.4, -0.2) is 60.6 Å². The lowest BCUT2D eigenvalue weighted by atomic mass is 10.2. The molecular weight excluding hydrogens is 386 g/mol. The third-order valence-corrected chi connectivity index (χ3v) is 4.13. The number of hydrogen-bond donors (Lipinski definition) is 3. The standard InChI is InChI=1S/C21H31N5O4/c1-4-30-18-9-7-17(8-10-18)26(21(28)23-12-5-6-14-27)19-11-13-22-20(25-19)24-16(2)15-29-3/h7-11,13,16,27H,4-6,12,14-15H2,1-3H3,(H,23,28)(H,22,24,25). The Morgan fingerprint density at radius 1 is 1.23 bits per heavy atom. The number of aliphatic hydroxyl groups excluding tert-OH is 1. The SMILES string of the molecule is CCOc1ccc(N(C(=O)NCCCCO)c2ccnc(NC(C)COC)n2)cc1. The number of ether oxygens (including phenoxy) is 2. The van der Waals surface area contributed by atoms with Crippen molar-refractivity contribution < 1.29 is 19.4 Å². The highest BCUT2D eigenvalue weighted by molar-refractivity contribution is 5.98. The molecule has 30 heavy (non-hydrogen) atoms. The van der Waals surface area contributed by atoms with E-state index in [1.54, 1.807) is 31.5 Å². The summed E-state index contributed by atoms with van der Waals surface area (Å²) in [6.07, 6.45) is 2.91. The van der Waals surface area contributed by atoms with Gasteiger partial charge in [0.25, 0.3) is 0 Å². The molecule has 0 aliphatic rings. The molecule has 2 aromatic rings. The fourth-order valence-electron chi connectivity index (χ4n) is 2.78. The highest BCUT2D eigenvalue weighted by Crippen LogP contribution is 2.26. The van der Waals surface area contributed by atoms with Crippen LogP contribution in [0.5, 0.6) is 5.75 Å². The van der Waals surface area contributed by atoms with Crippen LogP contribution in [0, 0.1) is 0 Å². The zero-order valence-electron chi connectivity index (χ0n) is 17.8. The number of carbonyl (C=O) groups excluding carboxylic acids is 1. The summed E-state index contributed by atoms with van der Waals surface area (Å²) in [4.78, 5) is 23.2. The van der Waals surface area contributed by atoms with Crippen molar-refractivity contribution in [1.29, 1.82) is 0 Å². The smallest absolute Gasteiger partial charge is 0.327 e. The van der Waals surface area contributed by atoms with Gasteiger partial charge in [-0.25, -0.2) is 14.7 Å². The average Bonchev–Trinajstić information content (AvgIpc) is 2.73. The van der Waals surface area contributed by atoms with E-state index in [-0.39, 0.29) is 18.7 Å². The second-order valence-corrected chi connectivity index (χ2v) is 6.66. The van der Waals surface area contributed by atoms with Gasteiger partial charge in [0.05, 0.1) is 18.9 Å².